The molecule has 0 radical (unpaired) electrons. The van der Waals surface area contributed by atoms with Crippen LogP contribution < -0.4 is 9.62 Å². The molecule has 0 spiro atoms. The lowest BCUT2D eigenvalue weighted by Gasteiger charge is -2.32. The largest absolute Gasteiger partial charge is 0.354 e. The average Bonchev–Trinajstić information content (AvgIpc) is 2.94. The molecule has 0 saturated carbocycles. The van der Waals surface area contributed by atoms with E-state index in [1.54, 1.807) is 49.4 Å². The highest BCUT2D eigenvalue weighted by molar-refractivity contribution is 7.92. The maximum absolute atomic E-state index is 14.1. The number of benzene rings is 3. The summed E-state index contributed by atoms with van der Waals surface area (Å²) < 4.78 is 29.2. The molecule has 0 aliphatic heterocycles. The summed E-state index contributed by atoms with van der Waals surface area (Å²) in [6.45, 7) is 9.34. The highest BCUT2D eigenvalue weighted by Crippen LogP contribution is 2.29. The van der Waals surface area contributed by atoms with E-state index in [2.05, 4.69) is 5.32 Å². The second kappa shape index (κ2) is 14.2. The minimum Gasteiger partial charge on any atom is -0.354 e. The van der Waals surface area contributed by atoms with Crippen molar-refractivity contribution in [1.29, 1.82) is 0 Å². The molecule has 0 heterocycles. The van der Waals surface area contributed by atoms with E-state index in [1.807, 2.05) is 39.8 Å². The first-order valence-corrected chi connectivity index (χ1v) is 15.7. The van der Waals surface area contributed by atoms with Gasteiger partial charge in [0, 0.05) is 13.1 Å². The average molecular weight is 619 g/mol. The smallest absolute Gasteiger partial charge is 0.264 e. The molecule has 7 nitrogen and oxygen atoms in total. The van der Waals surface area contributed by atoms with Crippen LogP contribution in [0.5, 0.6) is 0 Å². The Labute approximate surface area is 253 Å². The van der Waals surface area contributed by atoms with Crippen LogP contribution in [0, 0.1) is 12.8 Å². The third-order valence-electron chi connectivity index (χ3n) is 6.72. The number of nitrogens with zero attached hydrogens (tertiary/aromatic N) is 2. The van der Waals surface area contributed by atoms with Crippen molar-refractivity contribution in [2.45, 2.75) is 58.5 Å². The van der Waals surface area contributed by atoms with Crippen LogP contribution >= 0.6 is 23.2 Å². The van der Waals surface area contributed by atoms with Crippen LogP contribution in [0.25, 0.3) is 0 Å². The maximum Gasteiger partial charge on any atom is 0.264 e. The summed E-state index contributed by atoms with van der Waals surface area (Å²) in [6.07, 6.45) is 0.561. The Hall–Kier alpha value is -3.07. The zero-order valence-electron chi connectivity index (χ0n) is 24.0. The third-order valence-corrected chi connectivity index (χ3v) is 9.23. The monoisotopic (exact) mass is 617 g/mol. The van der Waals surface area contributed by atoms with Crippen LogP contribution in [0.3, 0.4) is 0 Å². The minimum absolute atomic E-state index is 0.0276. The van der Waals surface area contributed by atoms with E-state index in [-0.39, 0.29) is 23.3 Å². The van der Waals surface area contributed by atoms with Crippen molar-refractivity contribution in [3.8, 4) is 0 Å². The minimum atomic E-state index is -4.14. The van der Waals surface area contributed by atoms with Crippen molar-refractivity contribution in [3.05, 3.63) is 93.5 Å². The number of rotatable bonds is 12. The van der Waals surface area contributed by atoms with Gasteiger partial charge in [0.05, 0.1) is 20.6 Å². The number of amides is 2. The fourth-order valence-corrected chi connectivity index (χ4v) is 6.05. The van der Waals surface area contributed by atoms with Gasteiger partial charge in [0.25, 0.3) is 10.0 Å². The fraction of sp³-hybridized carbons (Fsp3) is 0.355. The summed E-state index contributed by atoms with van der Waals surface area (Å²) in [5, 5.41) is 3.55. The second-order valence-electron chi connectivity index (χ2n) is 10.4. The number of hydrogen-bond acceptors (Lipinski definition) is 4. The first kappa shape index (κ1) is 32.4. The van der Waals surface area contributed by atoms with Gasteiger partial charge in [0.1, 0.15) is 12.6 Å². The number of sulfonamides is 1. The number of carbonyl (C=O) groups excluding carboxylic acids is 2. The predicted octanol–water partition coefficient (Wildman–Crippen LogP) is 6.25. The van der Waals surface area contributed by atoms with E-state index in [1.165, 1.54) is 17.0 Å². The van der Waals surface area contributed by atoms with Gasteiger partial charge in [0.15, 0.2) is 0 Å². The Kier molecular flexibility index (Phi) is 11.2. The molecular weight excluding hydrogens is 581 g/mol. The molecule has 41 heavy (non-hydrogen) atoms. The van der Waals surface area contributed by atoms with Gasteiger partial charge < -0.3 is 10.2 Å². The molecule has 0 aliphatic carbocycles. The topological polar surface area (TPSA) is 86.8 Å². The van der Waals surface area contributed by atoms with Crippen LogP contribution in [0.2, 0.25) is 10.0 Å². The summed E-state index contributed by atoms with van der Waals surface area (Å²) in [7, 11) is -4.14. The molecule has 10 heteroatoms. The number of nitrogens with one attached hydrogen (secondary N) is 1. The molecule has 2 amide bonds. The SMILES string of the molecule is CCc1ccccc1N(CC(=O)N(Cc1ccc(Cl)c(Cl)c1)C(C)C(=O)NCC(C)C)S(=O)(=O)c1ccc(C)cc1. The van der Waals surface area contributed by atoms with E-state index >= 15 is 0 Å². The molecule has 1 atom stereocenters. The summed E-state index contributed by atoms with van der Waals surface area (Å²) in [6, 6.07) is 17.7. The Morgan fingerprint density at radius 1 is 0.927 bits per heavy atom. The van der Waals surface area contributed by atoms with Crippen molar-refractivity contribution in [2.24, 2.45) is 5.92 Å². The first-order chi connectivity index (χ1) is 19.3. The Bertz CT molecular complexity index is 1480. The third kappa shape index (κ3) is 8.24. The Morgan fingerprint density at radius 3 is 2.20 bits per heavy atom. The van der Waals surface area contributed by atoms with Gasteiger partial charge in [-0.3, -0.25) is 13.9 Å². The lowest BCUT2D eigenvalue weighted by Crippen LogP contribution is -2.51. The lowest BCUT2D eigenvalue weighted by molar-refractivity contribution is -0.139. The summed E-state index contributed by atoms with van der Waals surface area (Å²) >= 11 is 12.3. The molecule has 0 aliphatic rings. The van der Waals surface area contributed by atoms with Gasteiger partial charge in [-0.25, -0.2) is 8.42 Å². The van der Waals surface area contributed by atoms with Crippen LogP contribution in [0.1, 0.15) is 44.4 Å². The number of para-hydroxylation sites is 1. The highest BCUT2D eigenvalue weighted by atomic mass is 35.5. The normalized spacial score (nSPS) is 12.2. The zero-order chi connectivity index (χ0) is 30.3. The van der Waals surface area contributed by atoms with Crippen molar-refractivity contribution in [2.75, 3.05) is 17.4 Å². The summed E-state index contributed by atoms with van der Waals surface area (Å²) in [5.74, 6) is -0.662. The summed E-state index contributed by atoms with van der Waals surface area (Å²) in [5.41, 5.74) is 2.75. The molecule has 0 saturated heterocycles. The van der Waals surface area contributed by atoms with Crippen molar-refractivity contribution in [1.82, 2.24) is 10.2 Å². The number of halogens is 2. The van der Waals surface area contributed by atoms with Crippen LogP contribution in [-0.2, 0) is 32.6 Å². The fourth-order valence-electron chi connectivity index (χ4n) is 4.27. The second-order valence-corrected chi connectivity index (χ2v) is 13.1. The molecule has 0 aromatic heterocycles. The molecule has 1 unspecified atom stereocenters. The number of hydrogen-bond donors (Lipinski definition) is 1. The van der Waals surface area contributed by atoms with Crippen LogP contribution in [0.15, 0.2) is 71.6 Å². The molecule has 3 rings (SSSR count). The predicted molar refractivity (Wildman–Crippen MR) is 166 cm³/mol. The maximum atomic E-state index is 14.1. The molecule has 3 aromatic rings. The highest BCUT2D eigenvalue weighted by Gasteiger charge is 2.33. The first-order valence-electron chi connectivity index (χ1n) is 13.5. The van der Waals surface area contributed by atoms with E-state index in [0.29, 0.717) is 34.3 Å². The van der Waals surface area contributed by atoms with E-state index in [0.717, 1.165) is 15.4 Å². The van der Waals surface area contributed by atoms with Gasteiger partial charge >= 0.3 is 0 Å². The molecular formula is C31H37Cl2N3O4S. The van der Waals surface area contributed by atoms with Gasteiger partial charge in [-0.1, -0.05) is 85.9 Å². The van der Waals surface area contributed by atoms with Crippen molar-refractivity contribution in [3.63, 3.8) is 0 Å². The molecule has 0 bridgehead atoms. The molecule has 3 aromatic carbocycles. The quantitative estimate of drug-likeness (QED) is 0.260. The van der Waals surface area contributed by atoms with Crippen molar-refractivity contribution >= 4 is 50.7 Å². The van der Waals surface area contributed by atoms with E-state index in [9.17, 15) is 18.0 Å². The van der Waals surface area contributed by atoms with Gasteiger partial charge in [-0.2, -0.15) is 0 Å². The van der Waals surface area contributed by atoms with Crippen molar-refractivity contribution < 1.29 is 18.0 Å². The van der Waals surface area contributed by atoms with Crippen LogP contribution in [0.4, 0.5) is 5.69 Å². The lowest BCUT2D eigenvalue weighted by atomic mass is 10.1. The van der Waals surface area contributed by atoms with E-state index < -0.39 is 28.5 Å². The summed E-state index contributed by atoms with van der Waals surface area (Å²) in [4.78, 5) is 28.7. The Morgan fingerprint density at radius 2 is 1.59 bits per heavy atom. The van der Waals surface area contributed by atoms with Gasteiger partial charge in [0.2, 0.25) is 11.8 Å². The zero-order valence-corrected chi connectivity index (χ0v) is 26.4. The number of carbonyl (C=O) groups is 2. The molecule has 1 N–H and O–H groups in total. The molecule has 0 fully saturated rings. The van der Waals surface area contributed by atoms with Gasteiger partial charge in [-0.05, 0) is 67.6 Å². The van der Waals surface area contributed by atoms with Crippen LogP contribution in [-0.4, -0.2) is 44.3 Å². The van der Waals surface area contributed by atoms with Gasteiger partial charge in [-0.15, -0.1) is 0 Å². The Balaban J connectivity index is 2.06. The standard InChI is InChI=1S/C31H37Cl2N3O4S/c1-6-25-9-7-8-10-29(25)36(41(39,40)26-14-11-22(4)12-15-26)20-30(37)35(23(5)31(38)34-18-21(2)3)19-24-13-16-27(32)28(33)17-24/h7-17,21,23H,6,18-20H2,1-5H3,(H,34,38). The number of aryl methyl sites for hydroxylation is 2. The molecule has 220 valence electrons. The number of anilines is 1. The van der Waals surface area contributed by atoms with E-state index in [4.69, 9.17) is 23.2 Å².